The molecule has 2 aromatic rings. The van der Waals surface area contributed by atoms with Crippen molar-refractivity contribution >= 4 is 39.2 Å². The second-order valence-electron chi connectivity index (χ2n) is 4.47. The van der Waals surface area contributed by atoms with Crippen molar-refractivity contribution in [1.82, 2.24) is 14.4 Å². The van der Waals surface area contributed by atoms with Crippen LogP contribution in [0.2, 0.25) is 0 Å². The average molecular weight is 327 g/mol. The molecule has 96 valence electrons. The molecule has 6 heteroatoms. The highest BCUT2D eigenvalue weighted by Crippen LogP contribution is 2.27. The molecule has 3 heterocycles. The van der Waals surface area contributed by atoms with E-state index >= 15 is 0 Å². The van der Waals surface area contributed by atoms with Crippen LogP contribution in [0.15, 0.2) is 23.2 Å². The van der Waals surface area contributed by atoms with E-state index < -0.39 is 0 Å². The van der Waals surface area contributed by atoms with E-state index in [0.717, 1.165) is 34.4 Å². The number of hydrogen-bond donors (Lipinski definition) is 0. The normalized spacial score (nSPS) is 17.6. The Hall–Kier alpha value is -0.750. The fourth-order valence-electron chi connectivity index (χ4n) is 2.40. The molecule has 0 amide bonds. The number of rotatable bonds is 2. The van der Waals surface area contributed by atoms with Crippen molar-refractivity contribution in [2.24, 2.45) is 0 Å². The molecule has 1 fully saturated rings. The Labute approximate surface area is 119 Å². The lowest BCUT2D eigenvalue weighted by Gasteiger charge is -2.32. The number of piperidine rings is 1. The van der Waals surface area contributed by atoms with Gasteiger partial charge in [0.05, 0.1) is 0 Å². The third-order valence-electron chi connectivity index (χ3n) is 3.40. The Balaban J connectivity index is 1.92. The second-order valence-corrected chi connectivity index (χ2v) is 6.42. The zero-order chi connectivity index (χ0) is 12.5. The zero-order valence-corrected chi connectivity index (χ0v) is 12.6. The predicted octanol–water partition coefficient (Wildman–Crippen LogP) is 2.82. The van der Waals surface area contributed by atoms with Gasteiger partial charge in [-0.25, -0.2) is 9.97 Å². The SMILES string of the molecule is CSC1CCN(c2nc(Br)cn3ccnc23)CC1. The molecule has 0 aromatic carbocycles. The topological polar surface area (TPSA) is 33.4 Å². The highest BCUT2D eigenvalue weighted by molar-refractivity contribution is 9.10. The summed E-state index contributed by atoms with van der Waals surface area (Å²) in [5.74, 6) is 0.994. The molecule has 1 saturated heterocycles. The summed E-state index contributed by atoms with van der Waals surface area (Å²) in [6, 6.07) is 0. The largest absolute Gasteiger partial charge is 0.353 e. The summed E-state index contributed by atoms with van der Waals surface area (Å²) >= 11 is 5.44. The van der Waals surface area contributed by atoms with Gasteiger partial charge in [-0.15, -0.1) is 0 Å². The Morgan fingerprint density at radius 3 is 2.89 bits per heavy atom. The van der Waals surface area contributed by atoms with E-state index in [4.69, 9.17) is 0 Å². The van der Waals surface area contributed by atoms with Gasteiger partial charge in [-0.05, 0) is 35.0 Å². The summed E-state index contributed by atoms with van der Waals surface area (Å²) in [5, 5.41) is 0.796. The van der Waals surface area contributed by atoms with Gasteiger partial charge in [-0.1, -0.05) is 0 Å². The van der Waals surface area contributed by atoms with Crippen molar-refractivity contribution < 1.29 is 0 Å². The molecule has 4 nitrogen and oxygen atoms in total. The smallest absolute Gasteiger partial charge is 0.180 e. The van der Waals surface area contributed by atoms with Gasteiger partial charge in [0.2, 0.25) is 0 Å². The number of imidazole rings is 1. The number of fused-ring (bicyclic) bond motifs is 1. The zero-order valence-electron chi connectivity index (χ0n) is 10.2. The van der Waals surface area contributed by atoms with E-state index in [1.807, 2.05) is 34.8 Å². The summed E-state index contributed by atoms with van der Waals surface area (Å²) in [6.07, 6.45) is 10.4. The molecule has 3 rings (SSSR count). The van der Waals surface area contributed by atoms with E-state index in [9.17, 15) is 0 Å². The van der Waals surface area contributed by atoms with Crippen LogP contribution < -0.4 is 4.90 Å². The minimum atomic E-state index is 0.796. The van der Waals surface area contributed by atoms with Crippen LogP contribution in [0.3, 0.4) is 0 Å². The standard InChI is InChI=1S/C12H15BrN4S/c1-18-9-2-5-16(6-3-9)12-11-14-4-7-17(11)8-10(13)15-12/h4,7-9H,2-3,5-6H2,1H3. The molecule has 0 atom stereocenters. The monoisotopic (exact) mass is 326 g/mol. The summed E-state index contributed by atoms with van der Waals surface area (Å²) in [6.45, 7) is 2.13. The van der Waals surface area contributed by atoms with Gasteiger partial charge < -0.3 is 9.30 Å². The Morgan fingerprint density at radius 2 is 2.17 bits per heavy atom. The molecule has 0 bridgehead atoms. The average Bonchev–Trinajstić information content (AvgIpc) is 2.86. The van der Waals surface area contributed by atoms with E-state index in [1.165, 1.54) is 12.8 Å². The summed E-state index contributed by atoms with van der Waals surface area (Å²) < 4.78 is 2.88. The van der Waals surface area contributed by atoms with Gasteiger partial charge in [-0.3, -0.25) is 0 Å². The maximum Gasteiger partial charge on any atom is 0.180 e. The third kappa shape index (κ3) is 2.23. The Bertz CT molecular complexity index is 548. The summed E-state index contributed by atoms with van der Waals surface area (Å²) in [5.41, 5.74) is 0.945. The number of hydrogen-bond acceptors (Lipinski definition) is 4. The van der Waals surface area contributed by atoms with Crippen molar-refractivity contribution in [3.8, 4) is 0 Å². The summed E-state index contributed by atoms with van der Waals surface area (Å²) in [4.78, 5) is 11.4. The minimum absolute atomic E-state index is 0.796. The number of nitrogens with zero attached hydrogens (tertiary/aromatic N) is 4. The lowest BCUT2D eigenvalue weighted by atomic mass is 10.1. The first kappa shape index (κ1) is 12.3. The summed E-state index contributed by atoms with van der Waals surface area (Å²) in [7, 11) is 0. The van der Waals surface area contributed by atoms with Crippen LogP contribution >= 0.6 is 27.7 Å². The molecule has 0 radical (unpaired) electrons. The third-order valence-corrected chi connectivity index (χ3v) is 4.92. The van der Waals surface area contributed by atoms with Gasteiger partial charge >= 0.3 is 0 Å². The van der Waals surface area contributed by atoms with Crippen molar-refractivity contribution in [3.63, 3.8) is 0 Å². The lowest BCUT2D eigenvalue weighted by Crippen LogP contribution is -2.35. The van der Waals surface area contributed by atoms with Crippen LogP contribution in [0.4, 0.5) is 5.82 Å². The van der Waals surface area contributed by atoms with Gasteiger partial charge in [0.25, 0.3) is 0 Å². The molecule has 2 aromatic heterocycles. The molecular weight excluding hydrogens is 312 g/mol. The highest BCUT2D eigenvalue weighted by atomic mass is 79.9. The first-order valence-corrected chi connectivity index (χ1v) is 8.13. The number of anilines is 1. The first-order chi connectivity index (χ1) is 8.78. The molecule has 0 spiro atoms. The molecule has 0 N–H and O–H groups in total. The first-order valence-electron chi connectivity index (χ1n) is 6.05. The molecule has 1 aliphatic heterocycles. The molecule has 18 heavy (non-hydrogen) atoms. The quantitative estimate of drug-likeness (QED) is 0.849. The predicted molar refractivity (Wildman–Crippen MR) is 79.4 cm³/mol. The van der Waals surface area contributed by atoms with Crippen molar-refractivity contribution in [1.29, 1.82) is 0 Å². The van der Waals surface area contributed by atoms with Crippen LogP contribution in [-0.2, 0) is 0 Å². The maximum atomic E-state index is 4.60. The van der Waals surface area contributed by atoms with Crippen LogP contribution in [0.25, 0.3) is 5.65 Å². The fraction of sp³-hybridized carbons (Fsp3) is 0.500. The van der Waals surface area contributed by atoms with Gasteiger partial charge in [-0.2, -0.15) is 11.8 Å². The highest BCUT2D eigenvalue weighted by Gasteiger charge is 2.21. The van der Waals surface area contributed by atoms with Crippen molar-refractivity contribution in [2.45, 2.75) is 18.1 Å². The van der Waals surface area contributed by atoms with Gasteiger partial charge in [0.15, 0.2) is 11.5 Å². The minimum Gasteiger partial charge on any atom is -0.353 e. The molecule has 0 saturated carbocycles. The van der Waals surface area contributed by atoms with Crippen molar-refractivity contribution in [3.05, 3.63) is 23.2 Å². The van der Waals surface area contributed by atoms with E-state index in [0.29, 0.717) is 0 Å². The molecule has 0 aliphatic carbocycles. The van der Waals surface area contributed by atoms with E-state index in [-0.39, 0.29) is 0 Å². The maximum absolute atomic E-state index is 4.60. The molecular formula is C12H15BrN4S. The van der Waals surface area contributed by atoms with Crippen LogP contribution in [-0.4, -0.2) is 39.0 Å². The Kier molecular flexibility index (Phi) is 3.48. The van der Waals surface area contributed by atoms with Crippen molar-refractivity contribution in [2.75, 3.05) is 24.2 Å². The number of aromatic nitrogens is 3. The second kappa shape index (κ2) is 5.09. The fourth-order valence-corrected chi connectivity index (χ4v) is 3.47. The molecule has 1 aliphatic rings. The molecule has 0 unspecified atom stereocenters. The van der Waals surface area contributed by atoms with E-state index in [1.54, 1.807) is 0 Å². The lowest BCUT2D eigenvalue weighted by molar-refractivity contribution is 0.587. The van der Waals surface area contributed by atoms with E-state index in [2.05, 4.69) is 37.1 Å². The van der Waals surface area contributed by atoms with Gasteiger partial charge in [0, 0.05) is 36.9 Å². The van der Waals surface area contributed by atoms with Gasteiger partial charge in [0.1, 0.15) is 4.60 Å². The number of thioether (sulfide) groups is 1. The Morgan fingerprint density at radius 1 is 1.39 bits per heavy atom. The van der Waals surface area contributed by atoms with Crippen LogP contribution in [0, 0.1) is 0 Å². The number of halogens is 1. The van der Waals surface area contributed by atoms with Crippen LogP contribution in [0.5, 0.6) is 0 Å². The van der Waals surface area contributed by atoms with Crippen LogP contribution in [0.1, 0.15) is 12.8 Å².